The highest BCUT2D eigenvalue weighted by Gasteiger charge is 2.29. The molecule has 1 saturated heterocycles. The minimum Gasteiger partial charge on any atom is -0.469 e. The highest BCUT2D eigenvalue weighted by Crippen LogP contribution is 2.31. The molecule has 4 rings (SSSR count). The number of nitrogens with zero attached hydrogens (tertiary/aromatic N) is 2. The van der Waals surface area contributed by atoms with Gasteiger partial charge >= 0.3 is 0 Å². The second kappa shape index (κ2) is 5.85. The molecule has 1 aliphatic carbocycles. The van der Waals surface area contributed by atoms with Crippen molar-refractivity contribution in [1.29, 1.82) is 0 Å². The Bertz CT molecular complexity index is 712. The number of fused-ring (bicyclic) bond motifs is 1. The molecule has 0 bridgehead atoms. The summed E-state index contributed by atoms with van der Waals surface area (Å²) in [6.45, 7) is 1.38. The molecule has 1 N–H and O–H groups in total. The smallest absolute Gasteiger partial charge is 0.255 e. The number of carbonyl (C=O) groups excluding carboxylic acids is 1. The lowest BCUT2D eigenvalue weighted by molar-refractivity contribution is 0.0930. The molecule has 23 heavy (non-hydrogen) atoms. The van der Waals surface area contributed by atoms with E-state index < -0.39 is 0 Å². The SMILES string of the molecule is Cn1cc(C(=O)N[C@@H]2CCCc3occc32)c([C@@H]2CCOC2)n1. The fraction of sp³-hybridized carbons (Fsp3) is 0.529. The Morgan fingerprint density at radius 3 is 3.17 bits per heavy atom. The van der Waals surface area contributed by atoms with Gasteiger partial charge in [0.2, 0.25) is 0 Å². The molecule has 2 aromatic heterocycles. The zero-order valence-electron chi connectivity index (χ0n) is 13.2. The van der Waals surface area contributed by atoms with Crippen LogP contribution in [0.15, 0.2) is 22.9 Å². The third kappa shape index (κ3) is 2.67. The normalized spacial score (nSPS) is 23.7. The maximum absolute atomic E-state index is 12.8. The number of aryl methyl sites for hydroxylation is 2. The second-order valence-electron chi connectivity index (χ2n) is 6.38. The van der Waals surface area contributed by atoms with Crippen LogP contribution in [-0.2, 0) is 18.2 Å². The Morgan fingerprint density at radius 1 is 1.43 bits per heavy atom. The van der Waals surface area contributed by atoms with Crippen molar-refractivity contribution in [3.8, 4) is 0 Å². The summed E-state index contributed by atoms with van der Waals surface area (Å²) in [5, 5.41) is 7.66. The number of amides is 1. The lowest BCUT2D eigenvalue weighted by Gasteiger charge is -2.22. The zero-order chi connectivity index (χ0) is 15.8. The van der Waals surface area contributed by atoms with E-state index in [0.717, 1.165) is 49.3 Å². The molecule has 122 valence electrons. The average Bonchev–Trinajstić information content (AvgIpc) is 3.27. The van der Waals surface area contributed by atoms with Gasteiger partial charge in [-0.05, 0) is 25.3 Å². The fourth-order valence-corrected chi connectivity index (χ4v) is 3.60. The predicted octanol–water partition coefficient (Wildman–Crippen LogP) is 2.32. The first-order valence-electron chi connectivity index (χ1n) is 8.21. The summed E-state index contributed by atoms with van der Waals surface area (Å²) >= 11 is 0. The first-order chi connectivity index (χ1) is 11.2. The van der Waals surface area contributed by atoms with E-state index >= 15 is 0 Å². The van der Waals surface area contributed by atoms with Crippen LogP contribution >= 0.6 is 0 Å². The molecule has 3 heterocycles. The van der Waals surface area contributed by atoms with E-state index in [1.807, 2.05) is 19.3 Å². The van der Waals surface area contributed by atoms with Crippen molar-refractivity contribution in [1.82, 2.24) is 15.1 Å². The summed E-state index contributed by atoms with van der Waals surface area (Å²) in [6, 6.07) is 1.99. The number of ether oxygens (including phenoxy) is 1. The topological polar surface area (TPSA) is 69.3 Å². The molecule has 0 radical (unpaired) electrons. The quantitative estimate of drug-likeness (QED) is 0.944. The van der Waals surface area contributed by atoms with Crippen molar-refractivity contribution in [3.63, 3.8) is 0 Å². The van der Waals surface area contributed by atoms with E-state index in [9.17, 15) is 4.79 Å². The van der Waals surface area contributed by atoms with E-state index in [1.54, 1.807) is 10.9 Å². The lowest BCUT2D eigenvalue weighted by Crippen LogP contribution is -2.31. The number of furan rings is 1. The van der Waals surface area contributed by atoms with Crippen molar-refractivity contribution in [2.24, 2.45) is 7.05 Å². The molecule has 2 aromatic rings. The minimum atomic E-state index is -0.0564. The van der Waals surface area contributed by atoms with Gasteiger partial charge in [0.15, 0.2) is 0 Å². The van der Waals surface area contributed by atoms with Gasteiger partial charge < -0.3 is 14.5 Å². The minimum absolute atomic E-state index is 0.0258. The summed E-state index contributed by atoms with van der Waals surface area (Å²) in [5.74, 6) is 1.16. The molecule has 1 fully saturated rings. The Morgan fingerprint density at radius 2 is 2.35 bits per heavy atom. The van der Waals surface area contributed by atoms with Gasteiger partial charge in [0.05, 0.1) is 30.2 Å². The number of aromatic nitrogens is 2. The lowest BCUT2D eigenvalue weighted by atomic mass is 9.93. The van der Waals surface area contributed by atoms with Crippen molar-refractivity contribution in [2.75, 3.05) is 13.2 Å². The van der Waals surface area contributed by atoms with Gasteiger partial charge in [0.1, 0.15) is 5.76 Å². The first-order valence-corrected chi connectivity index (χ1v) is 8.21. The molecule has 1 amide bonds. The maximum atomic E-state index is 12.8. The van der Waals surface area contributed by atoms with Crippen LogP contribution < -0.4 is 5.32 Å². The molecule has 0 aromatic carbocycles. The van der Waals surface area contributed by atoms with E-state index in [4.69, 9.17) is 9.15 Å². The summed E-state index contributed by atoms with van der Waals surface area (Å²) in [4.78, 5) is 12.8. The molecule has 2 atom stereocenters. The molecular formula is C17H21N3O3. The van der Waals surface area contributed by atoms with Crippen LogP contribution in [-0.4, -0.2) is 28.9 Å². The number of hydrogen-bond acceptors (Lipinski definition) is 4. The third-order valence-electron chi connectivity index (χ3n) is 4.78. The predicted molar refractivity (Wildman–Crippen MR) is 83.2 cm³/mol. The first kappa shape index (κ1) is 14.5. The van der Waals surface area contributed by atoms with Gasteiger partial charge in [-0.2, -0.15) is 5.10 Å². The Labute approximate surface area is 134 Å². The molecular weight excluding hydrogens is 294 g/mol. The number of nitrogens with one attached hydrogen (secondary N) is 1. The largest absolute Gasteiger partial charge is 0.469 e. The Balaban J connectivity index is 1.56. The van der Waals surface area contributed by atoms with Crippen molar-refractivity contribution in [3.05, 3.63) is 41.1 Å². The van der Waals surface area contributed by atoms with Gasteiger partial charge in [0.25, 0.3) is 5.91 Å². The molecule has 0 unspecified atom stereocenters. The van der Waals surface area contributed by atoms with E-state index in [0.29, 0.717) is 12.2 Å². The van der Waals surface area contributed by atoms with Crippen LogP contribution in [0.2, 0.25) is 0 Å². The molecule has 0 saturated carbocycles. The standard InChI is InChI=1S/C17H21N3O3/c1-20-9-13(16(19-20)11-5-7-22-10-11)17(21)18-14-3-2-4-15-12(14)6-8-23-15/h6,8-9,11,14H,2-5,7,10H2,1H3,(H,18,21)/t11-,14-/m1/s1. The van der Waals surface area contributed by atoms with E-state index in [-0.39, 0.29) is 17.9 Å². The summed E-state index contributed by atoms with van der Waals surface area (Å²) in [7, 11) is 1.85. The summed E-state index contributed by atoms with van der Waals surface area (Å²) in [6.07, 6.45) is 7.36. The van der Waals surface area contributed by atoms with Crippen molar-refractivity contribution >= 4 is 5.91 Å². The van der Waals surface area contributed by atoms with Crippen molar-refractivity contribution < 1.29 is 13.9 Å². The van der Waals surface area contributed by atoms with Gasteiger partial charge in [-0.3, -0.25) is 9.48 Å². The Hall–Kier alpha value is -2.08. The molecule has 6 heteroatoms. The third-order valence-corrected chi connectivity index (χ3v) is 4.78. The highest BCUT2D eigenvalue weighted by atomic mass is 16.5. The average molecular weight is 315 g/mol. The molecule has 2 aliphatic rings. The van der Waals surface area contributed by atoms with Crippen LogP contribution in [0.5, 0.6) is 0 Å². The van der Waals surface area contributed by atoms with Crippen molar-refractivity contribution in [2.45, 2.75) is 37.6 Å². The summed E-state index contributed by atoms with van der Waals surface area (Å²) < 4.78 is 12.7. The van der Waals surface area contributed by atoms with Crippen LogP contribution in [0, 0.1) is 0 Å². The molecule has 0 spiro atoms. The van der Waals surface area contributed by atoms with Crippen LogP contribution in [0.3, 0.4) is 0 Å². The van der Waals surface area contributed by atoms with Gasteiger partial charge in [-0.1, -0.05) is 0 Å². The van der Waals surface area contributed by atoms with Crippen LogP contribution in [0.4, 0.5) is 0 Å². The second-order valence-corrected chi connectivity index (χ2v) is 6.38. The van der Waals surface area contributed by atoms with Crippen LogP contribution in [0.1, 0.15) is 58.6 Å². The van der Waals surface area contributed by atoms with Gasteiger partial charge in [-0.25, -0.2) is 0 Å². The monoisotopic (exact) mass is 315 g/mol. The van der Waals surface area contributed by atoms with Crippen LogP contribution in [0.25, 0.3) is 0 Å². The zero-order valence-corrected chi connectivity index (χ0v) is 13.2. The number of hydrogen-bond donors (Lipinski definition) is 1. The fourth-order valence-electron chi connectivity index (χ4n) is 3.60. The van der Waals surface area contributed by atoms with E-state index in [2.05, 4.69) is 10.4 Å². The van der Waals surface area contributed by atoms with E-state index in [1.165, 1.54) is 0 Å². The number of rotatable bonds is 3. The Kier molecular flexibility index (Phi) is 3.69. The molecule has 1 aliphatic heterocycles. The summed E-state index contributed by atoms with van der Waals surface area (Å²) in [5.41, 5.74) is 2.63. The number of carbonyl (C=O) groups is 1. The van der Waals surface area contributed by atoms with Gasteiger partial charge in [0, 0.05) is 37.8 Å². The molecule has 6 nitrogen and oxygen atoms in total. The van der Waals surface area contributed by atoms with Gasteiger partial charge in [-0.15, -0.1) is 0 Å². The maximum Gasteiger partial charge on any atom is 0.255 e. The highest BCUT2D eigenvalue weighted by molar-refractivity contribution is 5.95.